The Morgan fingerprint density at radius 1 is 1.24 bits per heavy atom. The second kappa shape index (κ2) is 8.74. The van der Waals surface area contributed by atoms with Gasteiger partial charge in [-0.3, -0.25) is 4.79 Å². The van der Waals surface area contributed by atoms with Crippen LogP contribution in [0.5, 0.6) is 0 Å². The van der Waals surface area contributed by atoms with Crippen LogP contribution in [0.1, 0.15) is 25.8 Å². The van der Waals surface area contributed by atoms with Gasteiger partial charge in [0.25, 0.3) is 0 Å². The Hall–Kier alpha value is -1.46. The highest BCUT2D eigenvalue weighted by Crippen LogP contribution is 2.24. The molecule has 21 heavy (non-hydrogen) atoms. The van der Waals surface area contributed by atoms with Crippen LogP contribution < -0.4 is 10.6 Å². The van der Waals surface area contributed by atoms with E-state index >= 15 is 0 Å². The number of benzene rings is 1. The molecule has 5 nitrogen and oxygen atoms in total. The van der Waals surface area contributed by atoms with Crippen LogP contribution in [0.3, 0.4) is 0 Å². The summed E-state index contributed by atoms with van der Waals surface area (Å²) in [6, 6.07) is 5.04. The Labute approximate surface area is 133 Å². The van der Waals surface area contributed by atoms with Crippen molar-refractivity contribution in [2.24, 2.45) is 0 Å². The molecule has 0 fully saturated rings. The Balaban J connectivity index is 2.37. The molecular formula is C14H18Cl2N2O3. The molecular weight excluding hydrogens is 315 g/mol. The topological polar surface area (TPSA) is 67.4 Å². The van der Waals surface area contributed by atoms with Crippen LogP contribution in [0, 0.1) is 0 Å². The SMILES string of the molecule is CCC(C)OC(=O)NCNC(=O)Cc1c(Cl)cccc1Cl. The lowest BCUT2D eigenvalue weighted by atomic mass is 10.1. The smallest absolute Gasteiger partial charge is 0.408 e. The number of carbonyl (C=O) groups is 2. The molecule has 0 spiro atoms. The zero-order chi connectivity index (χ0) is 15.8. The lowest BCUT2D eigenvalue weighted by Gasteiger charge is -2.12. The van der Waals surface area contributed by atoms with Crippen LogP contribution in [0.15, 0.2) is 18.2 Å². The fourth-order valence-electron chi connectivity index (χ4n) is 1.45. The molecule has 0 radical (unpaired) electrons. The van der Waals surface area contributed by atoms with Gasteiger partial charge >= 0.3 is 6.09 Å². The zero-order valence-electron chi connectivity index (χ0n) is 11.9. The van der Waals surface area contributed by atoms with Crippen molar-refractivity contribution >= 4 is 35.2 Å². The number of halogens is 2. The van der Waals surface area contributed by atoms with Gasteiger partial charge in [0.2, 0.25) is 5.91 Å². The number of nitrogens with one attached hydrogen (secondary N) is 2. The summed E-state index contributed by atoms with van der Waals surface area (Å²) in [5.41, 5.74) is 0.556. The summed E-state index contributed by atoms with van der Waals surface area (Å²) in [7, 11) is 0. The molecule has 1 aromatic carbocycles. The van der Waals surface area contributed by atoms with Gasteiger partial charge in [-0.1, -0.05) is 36.2 Å². The van der Waals surface area contributed by atoms with Gasteiger partial charge in [-0.15, -0.1) is 0 Å². The van der Waals surface area contributed by atoms with E-state index in [1.165, 1.54) is 0 Å². The number of ether oxygens (including phenoxy) is 1. The first-order valence-electron chi connectivity index (χ1n) is 6.58. The maximum atomic E-state index is 11.8. The lowest BCUT2D eigenvalue weighted by Crippen LogP contribution is -2.39. The van der Waals surface area contributed by atoms with Crippen molar-refractivity contribution in [1.82, 2.24) is 10.6 Å². The molecule has 2 amide bonds. The third-order valence-corrected chi connectivity index (χ3v) is 3.51. The second-order valence-corrected chi connectivity index (χ2v) is 5.27. The Bertz CT molecular complexity index is 489. The molecule has 1 unspecified atom stereocenters. The van der Waals surface area contributed by atoms with E-state index in [0.717, 1.165) is 6.42 Å². The van der Waals surface area contributed by atoms with Gasteiger partial charge < -0.3 is 15.4 Å². The van der Waals surface area contributed by atoms with Gasteiger partial charge in [0.1, 0.15) is 6.10 Å². The summed E-state index contributed by atoms with van der Waals surface area (Å²) in [6.45, 7) is 3.68. The van der Waals surface area contributed by atoms with Gasteiger partial charge in [0.15, 0.2) is 0 Å². The molecule has 0 aliphatic rings. The number of hydrogen-bond acceptors (Lipinski definition) is 3. The van der Waals surface area contributed by atoms with Crippen molar-refractivity contribution < 1.29 is 14.3 Å². The summed E-state index contributed by atoms with van der Waals surface area (Å²) in [6.07, 6.45) is 0.0359. The average Bonchev–Trinajstić information content (AvgIpc) is 2.43. The van der Waals surface area contributed by atoms with E-state index in [2.05, 4.69) is 10.6 Å². The van der Waals surface area contributed by atoms with E-state index in [9.17, 15) is 9.59 Å². The minimum atomic E-state index is -0.569. The molecule has 0 bridgehead atoms. The highest BCUT2D eigenvalue weighted by atomic mass is 35.5. The van der Waals surface area contributed by atoms with Crippen LogP contribution in [0.2, 0.25) is 10.0 Å². The molecule has 0 aliphatic heterocycles. The molecule has 0 aromatic heterocycles. The maximum Gasteiger partial charge on any atom is 0.408 e. The molecule has 1 atom stereocenters. The van der Waals surface area contributed by atoms with E-state index in [0.29, 0.717) is 15.6 Å². The molecule has 0 aliphatic carbocycles. The first kappa shape index (κ1) is 17.6. The molecule has 0 saturated heterocycles. The normalized spacial score (nSPS) is 11.6. The van der Waals surface area contributed by atoms with Gasteiger partial charge in [0.05, 0.1) is 13.1 Å². The second-order valence-electron chi connectivity index (χ2n) is 4.45. The highest BCUT2D eigenvalue weighted by Gasteiger charge is 2.11. The molecule has 0 heterocycles. The van der Waals surface area contributed by atoms with Crippen molar-refractivity contribution in [3.63, 3.8) is 0 Å². The average molecular weight is 333 g/mol. The van der Waals surface area contributed by atoms with Gasteiger partial charge in [-0.05, 0) is 31.0 Å². The molecule has 1 aromatic rings. The number of carbonyl (C=O) groups excluding carboxylic acids is 2. The summed E-state index contributed by atoms with van der Waals surface area (Å²) in [4.78, 5) is 23.1. The summed E-state index contributed by atoms with van der Waals surface area (Å²) < 4.78 is 4.99. The maximum absolute atomic E-state index is 11.8. The largest absolute Gasteiger partial charge is 0.447 e. The van der Waals surface area contributed by atoms with E-state index in [1.54, 1.807) is 25.1 Å². The molecule has 0 saturated carbocycles. The fraction of sp³-hybridized carbons (Fsp3) is 0.429. The quantitative estimate of drug-likeness (QED) is 0.786. The number of hydrogen-bond donors (Lipinski definition) is 2. The predicted octanol–water partition coefficient (Wildman–Crippen LogP) is 3.13. The van der Waals surface area contributed by atoms with Crippen molar-refractivity contribution in [2.75, 3.05) is 6.67 Å². The van der Waals surface area contributed by atoms with Crippen LogP contribution in [-0.2, 0) is 16.0 Å². The monoisotopic (exact) mass is 332 g/mol. The van der Waals surface area contributed by atoms with Crippen molar-refractivity contribution in [3.8, 4) is 0 Å². The van der Waals surface area contributed by atoms with Crippen LogP contribution in [-0.4, -0.2) is 24.8 Å². The van der Waals surface area contributed by atoms with Crippen LogP contribution in [0.4, 0.5) is 4.79 Å². The summed E-state index contributed by atoms with van der Waals surface area (Å²) >= 11 is 12.0. The first-order chi connectivity index (χ1) is 9.93. The Morgan fingerprint density at radius 2 is 1.86 bits per heavy atom. The predicted molar refractivity (Wildman–Crippen MR) is 82.5 cm³/mol. The zero-order valence-corrected chi connectivity index (χ0v) is 13.4. The molecule has 7 heteroatoms. The van der Waals surface area contributed by atoms with Crippen molar-refractivity contribution in [2.45, 2.75) is 32.8 Å². The van der Waals surface area contributed by atoms with E-state index in [4.69, 9.17) is 27.9 Å². The van der Waals surface area contributed by atoms with E-state index < -0.39 is 6.09 Å². The Kier molecular flexibility index (Phi) is 7.32. The van der Waals surface area contributed by atoms with E-state index in [1.807, 2.05) is 6.92 Å². The summed E-state index contributed by atoms with van der Waals surface area (Å²) in [5.74, 6) is -0.297. The molecule has 1 rings (SSSR count). The lowest BCUT2D eigenvalue weighted by molar-refractivity contribution is -0.120. The van der Waals surface area contributed by atoms with Gasteiger partial charge in [-0.25, -0.2) is 4.79 Å². The van der Waals surface area contributed by atoms with Gasteiger partial charge in [-0.2, -0.15) is 0 Å². The molecule has 2 N–H and O–H groups in total. The minimum Gasteiger partial charge on any atom is -0.447 e. The third kappa shape index (κ3) is 6.23. The van der Waals surface area contributed by atoms with Crippen LogP contribution in [0.25, 0.3) is 0 Å². The highest BCUT2D eigenvalue weighted by molar-refractivity contribution is 6.36. The summed E-state index contributed by atoms with van der Waals surface area (Å²) in [5, 5.41) is 5.84. The first-order valence-corrected chi connectivity index (χ1v) is 7.33. The van der Waals surface area contributed by atoms with Gasteiger partial charge in [0, 0.05) is 10.0 Å². The number of amides is 2. The fourth-order valence-corrected chi connectivity index (χ4v) is 1.98. The number of rotatable bonds is 6. The van der Waals surface area contributed by atoms with Crippen LogP contribution >= 0.6 is 23.2 Å². The standard InChI is InChI=1S/C14H18Cl2N2O3/c1-3-9(2)21-14(20)18-8-17-13(19)7-10-11(15)5-4-6-12(10)16/h4-6,9H,3,7-8H2,1-2H3,(H,17,19)(H,18,20). The minimum absolute atomic E-state index is 0.0177. The van der Waals surface area contributed by atoms with Crippen molar-refractivity contribution in [1.29, 1.82) is 0 Å². The van der Waals surface area contributed by atoms with Crippen molar-refractivity contribution in [3.05, 3.63) is 33.8 Å². The Morgan fingerprint density at radius 3 is 2.43 bits per heavy atom. The third-order valence-electron chi connectivity index (χ3n) is 2.80. The van der Waals surface area contributed by atoms with E-state index in [-0.39, 0.29) is 25.1 Å². The molecule has 116 valence electrons. The number of alkyl carbamates (subject to hydrolysis) is 1.